The lowest BCUT2D eigenvalue weighted by Gasteiger charge is -2.28. The first kappa shape index (κ1) is 13.9. The first-order chi connectivity index (χ1) is 9.43. The summed E-state index contributed by atoms with van der Waals surface area (Å²) in [6.07, 6.45) is 0. The minimum absolute atomic E-state index is 0.0506. The lowest BCUT2D eigenvalue weighted by atomic mass is 9.91. The molecule has 2 rings (SSSR count). The minimum Gasteiger partial charge on any atom is -0.508 e. The first-order valence-electron chi connectivity index (χ1n) is 5.99. The summed E-state index contributed by atoms with van der Waals surface area (Å²) >= 11 is 0. The quantitative estimate of drug-likeness (QED) is 0.802. The molecule has 0 aliphatic heterocycles. The maximum absolute atomic E-state index is 13.7. The second kappa shape index (κ2) is 5.21. The fourth-order valence-electron chi connectivity index (χ4n) is 1.90. The standard InChI is InChI=1S/C15H14FNO3/c1-15(14(19)20,10-5-4-6-11(18)9-10)17-13-8-3-2-7-12(13)16/h2-9,17-18H,1H3,(H,19,20). The highest BCUT2D eigenvalue weighted by molar-refractivity contribution is 5.84. The number of para-hydroxylation sites is 1. The molecular formula is C15H14FNO3. The molecule has 1 unspecified atom stereocenters. The van der Waals surface area contributed by atoms with Crippen LogP contribution in [0, 0.1) is 5.82 Å². The van der Waals surface area contributed by atoms with Crippen LogP contribution in [0.2, 0.25) is 0 Å². The molecule has 0 radical (unpaired) electrons. The number of carbonyl (C=O) groups is 1. The van der Waals surface area contributed by atoms with Crippen LogP contribution in [0.25, 0.3) is 0 Å². The Labute approximate surface area is 115 Å². The molecule has 104 valence electrons. The van der Waals surface area contributed by atoms with E-state index >= 15 is 0 Å². The third-order valence-corrected chi connectivity index (χ3v) is 3.11. The third kappa shape index (κ3) is 2.56. The molecular weight excluding hydrogens is 261 g/mol. The number of aromatic hydroxyl groups is 1. The van der Waals surface area contributed by atoms with Crippen molar-refractivity contribution in [3.05, 3.63) is 59.9 Å². The van der Waals surface area contributed by atoms with Crippen LogP contribution in [-0.2, 0) is 10.3 Å². The van der Waals surface area contributed by atoms with Crippen molar-refractivity contribution in [3.8, 4) is 5.75 Å². The van der Waals surface area contributed by atoms with Gasteiger partial charge in [-0.05, 0) is 36.8 Å². The molecule has 0 aliphatic rings. The van der Waals surface area contributed by atoms with Gasteiger partial charge in [0.25, 0.3) is 0 Å². The molecule has 2 aromatic carbocycles. The molecule has 3 N–H and O–H groups in total. The SMILES string of the molecule is CC(Nc1ccccc1F)(C(=O)O)c1cccc(O)c1. The van der Waals surface area contributed by atoms with Crippen LogP contribution in [0.4, 0.5) is 10.1 Å². The zero-order valence-electron chi connectivity index (χ0n) is 10.8. The average molecular weight is 275 g/mol. The molecule has 0 fully saturated rings. The molecule has 2 aromatic rings. The fraction of sp³-hybridized carbons (Fsp3) is 0.133. The Morgan fingerprint density at radius 2 is 1.90 bits per heavy atom. The van der Waals surface area contributed by atoms with E-state index in [1.165, 1.54) is 43.3 Å². The van der Waals surface area contributed by atoms with Gasteiger partial charge >= 0.3 is 5.97 Å². The number of carboxylic acid groups (broad SMARTS) is 1. The number of hydrogen-bond donors (Lipinski definition) is 3. The number of aliphatic carboxylic acids is 1. The molecule has 0 aliphatic carbocycles. The molecule has 1 atom stereocenters. The summed E-state index contributed by atoms with van der Waals surface area (Å²) in [5.74, 6) is -1.77. The molecule has 0 saturated carbocycles. The maximum Gasteiger partial charge on any atom is 0.333 e. The van der Waals surface area contributed by atoms with Crippen molar-refractivity contribution in [2.75, 3.05) is 5.32 Å². The lowest BCUT2D eigenvalue weighted by molar-refractivity contribution is -0.142. The van der Waals surface area contributed by atoms with E-state index in [-0.39, 0.29) is 11.4 Å². The number of hydrogen-bond acceptors (Lipinski definition) is 3. The second-order valence-electron chi connectivity index (χ2n) is 4.59. The van der Waals surface area contributed by atoms with Gasteiger partial charge in [0.05, 0.1) is 5.69 Å². The van der Waals surface area contributed by atoms with Crippen molar-refractivity contribution in [3.63, 3.8) is 0 Å². The van der Waals surface area contributed by atoms with Gasteiger partial charge in [-0.25, -0.2) is 9.18 Å². The van der Waals surface area contributed by atoms with E-state index in [9.17, 15) is 19.4 Å². The summed E-state index contributed by atoms with van der Waals surface area (Å²) in [7, 11) is 0. The predicted octanol–water partition coefficient (Wildman–Crippen LogP) is 2.94. The van der Waals surface area contributed by atoms with Crippen molar-refractivity contribution < 1.29 is 19.4 Å². The van der Waals surface area contributed by atoms with E-state index in [0.717, 1.165) is 0 Å². The van der Waals surface area contributed by atoms with Crippen molar-refractivity contribution in [2.24, 2.45) is 0 Å². The molecule has 0 saturated heterocycles. The van der Waals surface area contributed by atoms with Crippen LogP contribution in [0.5, 0.6) is 5.75 Å². The predicted molar refractivity (Wildman–Crippen MR) is 73.1 cm³/mol. The second-order valence-corrected chi connectivity index (χ2v) is 4.59. The topological polar surface area (TPSA) is 69.6 Å². The van der Waals surface area contributed by atoms with E-state index in [1.807, 2.05) is 0 Å². The number of rotatable bonds is 4. The summed E-state index contributed by atoms with van der Waals surface area (Å²) in [6, 6.07) is 11.7. The smallest absolute Gasteiger partial charge is 0.333 e. The largest absolute Gasteiger partial charge is 0.508 e. The molecule has 20 heavy (non-hydrogen) atoms. The zero-order valence-corrected chi connectivity index (χ0v) is 10.8. The summed E-state index contributed by atoms with van der Waals surface area (Å²) < 4.78 is 13.7. The van der Waals surface area contributed by atoms with Gasteiger partial charge in [0, 0.05) is 0 Å². The summed E-state index contributed by atoms with van der Waals surface area (Å²) in [4.78, 5) is 11.6. The number of benzene rings is 2. The van der Waals surface area contributed by atoms with Crippen LogP contribution in [0.1, 0.15) is 12.5 Å². The van der Waals surface area contributed by atoms with Gasteiger partial charge in [-0.2, -0.15) is 0 Å². The maximum atomic E-state index is 13.7. The van der Waals surface area contributed by atoms with Gasteiger partial charge in [0.1, 0.15) is 11.6 Å². The zero-order chi connectivity index (χ0) is 14.8. The summed E-state index contributed by atoms with van der Waals surface area (Å²) in [5, 5.41) is 21.6. The Morgan fingerprint density at radius 1 is 1.20 bits per heavy atom. The monoisotopic (exact) mass is 275 g/mol. The summed E-state index contributed by atoms with van der Waals surface area (Å²) in [5.41, 5.74) is -1.14. The van der Waals surface area contributed by atoms with Gasteiger partial charge < -0.3 is 15.5 Å². The van der Waals surface area contributed by atoms with Crippen LogP contribution < -0.4 is 5.32 Å². The number of phenolic OH excluding ortho intramolecular Hbond substituents is 1. The van der Waals surface area contributed by atoms with Crippen molar-refractivity contribution in [1.82, 2.24) is 0 Å². The minimum atomic E-state index is -1.55. The first-order valence-corrected chi connectivity index (χ1v) is 5.99. The molecule has 0 spiro atoms. The Balaban J connectivity index is 2.46. The van der Waals surface area contributed by atoms with Crippen LogP contribution in [0.15, 0.2) is 48.5 Å². The number of carboxylic acids is 1. The lowest BCUT2D eigenvalue weighted by Crippen LogP contribution is -2.40. The van der Waals surface area contributed by atoms with Crippen molar-refractivity contribution in [1.29, 1.82) is 0 Å². The number of phenols is 1. The Morgan fingerprint density at radius 3 is 2.50 bits per heavy atom. The Hall–Kier alpha value is -2.56. The van der Waals surface area contributed by atoms with Crippen LogP contribution in [0.3, 0.4) is 0 Å². The van der Waals surface area contributed by atoms with Crippen molar-refractivity contribution >= 4 is 11.7 Å². The highest BCUT2D eigenvalue weighted by Gasteiger charge is 2.36. The average Bonchev–Trinajstić information content (AvgIpc) is 2.41. The number of nitrogens with one attached hydrogen (secondary N) is 1. The van der Waals surface area contributed by atoms with Crippen LogP contribution >= 0.6 is 0 Å². The van der Waals surface area contributed by atoms with Gasteiger partial charge in [0.2, 0.25) is 0 Å². The number of halogens is 1. The van der Waals surface area contributed by atoms with E-state index in [1.54, 1.807) is 12.1 Å². The van der Waals surface area contributed by atoms with Crippen LogP contribution in [-0.4, -0.2) is 16.2 Å². The molecule has 4 nitrogen and oxygen atoms in total. The fourth-order valence-corrected chi connectivity index (χ4v) is 1.90. The van der Waals surface area contributed by atoms with Gasteiger partial charge in [-0.1, -0.05) is 24.3 Å². The van der Waals surface area contributed by atoms with E-state index in [0.29, 0.717) is 5.56 Å². The molecule has 5 heteroatoms. The van der Waals surface area contributed by atoms with Gasteiger partial charge in [-0.15, -0.1) is 0 Å². The van der Waals surface area contributed by atoms with Gasteiger partial charge in [0.15, 0.2) is 5.54 Å². The highest BCUT2D eigenvalue weighted by atomic mass is 19.1. The van der Waals surface area contributed by atoms with E-state index in [2.05, 4.69) is 5.32 Å². The Bertz CT molecular complexity index is 645. The molecule has 0 amide bonds. The molecule has 0 bridgehead atoms. The molecule has 0 aromatic heterocycles. The van der Waals surface area contributed by atoms with Gasteiger partial charge in [-0.3, -0.25) is 0 Å². The Kier molecular flexibility index (Phi) is 3.61. The van der Waals surface area contributed by atoms with E-state index < -0.39 is 17.3 Å². The number of anilines is 1. The summed E-state index contributed by atoms with van der Waals surface area (Å²) in [6.45, 7) is 1.41. The highest BCUT2D eigenvalue weighted by Crippen LogP contribution is 2.29. The van der Waals surface area contributed by atoms with E-state index in [4.69, 9.17) is 0 Å². The molecule has 0 heterocycles. The normalized spacial score (nSPS) is 13.5. The third-order valence-electron chi connectivity index (χ3n) is 3.11. The van der Waals surface area contributed by atoms with Crippen molar-refractivity contribution in [2.45, 2.75) is 12.5 Å².